The van der Waals surface area contributed by atoms with Crippen LogP contribution in [0.1, 0.15) is 27.2 Å². The Morgan fingerprint density at radius 3 is 1.93 bits per heavy atom. The van der Waals surface area contributed by atoms with Crippen LogP contribution in [0.3, 0.4) is 0 Å². The van der Waals surface area contributed by atoms with Crippen molar-refractivity contribution in [3.63, 3.8) is 0 Å². The van der Waals surface area contributed by atoms with Gasteiger partial charge in [0.15, 0.2) is 0 Å². The number of aliphatic hydroxyl groups excluding tert-OH is 1. The molecule has 0 fully saturated rings. The molecular formula is C23H27N3O. The van der Waals surface area contributed by atoms with Crippen molar-refractivity contribution in [2.24, 2.45) is 0 Å². The van der Waals surface area contributed by atoms with Crippen molar-refractivity contribution in [1.29, 1.82) is 0 Å². The summed E-state index contributed by atoms with van der Waals surface area (Å²) in [6.45, 7) is 6.83. The normalized spacial score (nSPS) is 12.2. The second-order valence-corrected chi connectivity index (χ2v) is 7.08. The molecule has 1 atom stereocenters. The molecule has 0 aliphatic carbocycles. The molecule has 27 heavy (non-hydrogen) atoms. The van der Waals surface area contributed by atoms with Gasteiger partial charge in [-0.15, -0.1) is 0 Å². The van der Waals surface area contributed by atoms with Crippen molar-refractivity contribution >= 4 is 5.82 Å². The highest BCUT2D eigenvalue weighted by Crippen LogP contribution is 2.30. The highest BCUT2D eigenvalue weighted by Gasteiger charge is 2.17. The molecule has 3 rings (SSSR count). The summed E-state index contributed by atoms with van der Waals surface area (Å²) in [6.07, 6.45) is 2.20. The van der Waals surface area contributed by atoms with Crippen molar-refractivity contribution in [2.75, 3.05) is 11.4 Å². The largest absolute Gasteiger partial charge is 0.393 e. The van der Waals surface area contributed by atoms with E-state index < -0.39 is 0 Å². The third-order valence-electron chi connectivity index (χ3n) is 4.56. The molecule has 3 aromatic rings. The number of hydrogen-bond donors (Lipinski definition) is 1. The minimum atomic E-state index is -0.337. The lowest BCUT2D eigenvalue weighted by Crippen LogP contribution is -2.34. The highest BCUT2D eigenvalue weighted by atomic mass is 16.3. The fraction of sp³-hybridized carbons (Fsp3) is 0.304. The lowest BCUT2D eigenvalue weighted by atomic mass is 10.0. The second-order valence-electron chi connectivity index (χ2n) is 7.08. The molecule has 0 amide bonds. The van der Waals surface area contributed by atoms with E-state index in [1.165, 1.54) is 0 Å². The SMILES string of the molecule is CC(O)CCN(c1cnc(-c2ccccc2)c(-c2ccccc2)n1)C(C)C. The molecule has 1 unspecified atom stereocenters. The third kappa shape index (κ3) is 4.72. The number of aliphatic hydroxyl groups is 1. The molecule has 1 N–H and O–H groups in total. The van der Waals surface area contributed by atoms with Crippen molar-refractivity contribution in [3.8, 4) is 22.5 Å². The van der Waals surface area contributed by atoms with E-state index in [1.54, 1.807) is 0 Å². The lowest BCUT2D eigenvalue weighted by molar-refractivity contribution is 0.185. The number of benzene rings is 2. The maximum atomic E-state index is 9.69. The Morgan fingerprint density at radius 2 is 1.41 bits per heavy atom. The average Bonchev–Trinajstić information content (AvgIpc) is 2.69. The van der Waals surface area contributed by atoms with Gasteiger partial charge in [-0.2, -0.15) is 0 Å². The number of aromatic nitrogens is 2. The van der Waals surface area contributed by atoms with Crippen LogP contribution in [0.2, 0.25) is 0 Å². The van der Waals surface area contributed by atoms with E-state index in [4.69, 9.17) is 9.97 Å². The van der Waals surface area contributed by atoms with Crippen LogP contribution in [-0.4, -0.2) is 33.8 Å². The molecule has 0 aliphatic rings. The van der Waals surface area contributed by atoms with E-state index in [0.717, 1.165) is 34.9 Å². The predicted molar refractivity (Wildman–Crippen MR) is 112 cm³/mol. The summed E-state index contributed by atoms with van der Waals surface area (Å²) in [7, 11) is 0. The Kier molecular flexibility index (Phi) is 6.20. The van der Waals surface area contributed by atoms with E-state index >= 15 is 0 Å². The van der Waals surface area contributed by atoms with Crippen LogP contribution in [0.5, 0.6) is 0 Å². The number of nitrogens with zero attached hydrogens (tertiary/aromatic N) is 3. The predicted octanol–water partition coefficient (Wildman–Crippen LogP) is 4.80. The van der Waals surface area contributed by atoms with Gasteiger partial charge >= 0.3 is 0 Å². The van der Waals surface area contributed by atoms with Gasteiger partial charge in [-0.25, -0.2) is 4.98 Å². The molecule has 4 heteroatoms. The van der Waals surface area contributed by atoms with Gasteiger partial charge in [0.2, 0.25) is 0 Å². The fourth-order valence-electron chi connectivity index (χ4n) is 3.09. The maximum Gasteiger partial charge on any atom is 0.148 e. The van der Waals surface area contributed by atoms with Gasteiger partial charge in [-0.1, -0.05) is 60.7 Å². The second kappa shape index (κ2) is 8.78. The lowest BCUT2D eigenvalue weighted by Gasteiger charge is -2.29. The highest BCUT2D eigenvalue weighted by molar-refractivity contribution is 5.78. The van der Waals surface area contributed by atoms with Crippen molar-refractivity contribution in [3.05, 3.63) is 66.9 Å². The summed E-state index contributed by atoms with van der Waals surface area (Å²) in [5, 5.41) is 9.69. The van der Waals surface area contributed by atoms with Crippen LogP contribution in [0.4, 0.5) is 5.82 Å². The first-order valence-electron chi connectivity index (χ1n) is 9.49. The summed E-state index contributed by atoms with van der Waals surface area (Å²) in [4.78, 5) is 12.0. The van der Waals surface area contributed by atoms with E-state index in [9.17, 15) is 5.11 Å². The van der Waals surface area contributed by atoms with Gasteiger partial charge in [0.1, 0.15) is 5.82 Å². The first-order chi connectivity index (χ1) is 13.1. The first-order valence-corrected chi connectivity index (χ1v) is 9.49. The van der Waals surface area contributed by atoms with Crippen LogP contribution in [-0.2, 0) is 0 Å². The molecule has 0 radical (unpaired) electrons. The first kappa shape index (κ1) is 19.1. The van der Waals surface area contributed by atoms with E-state index in [2.05, 4.69) is 43.0 Å². The minimum absolute atomic E-state index is 0.268. The third-order valence-corrected chi connectivity index (χ3v) is 4.56. The van der Waals surface area contributed by atoms with Gasteiger partial charge in [0.25, 0.3) is 0 Å². The Balaban J connectivity index is 2.08. The molecule has 0 saturated heterocycles. The van der Waals surface area contributed by atoms with E-state index in [1.807, 2.05) is 49.5 Å². The molecule has 2 aromatic carbocycles. The number of hydrogen-bond acceptors (Lipinski definition) is 4. The van der Waals surface area contributed by atoms with Gasteiger partial charge in [-0.05, 0) is 27.2 Å². The Morgan fingerprint density at radius 1 is 0.852 bits per heavy atom. The van der Waals surface area contributed by atoms with Gasteiger partial charge in [0.05, 0.1) is 23.7 Å². The standard InChI is InChI=1S/C23H27N3O/c1-17(2)26(15-14-18(3)27)21-16-24-22(19-10-6-4-7-11-19)23(25-21)20-12-8-5-9-13-20/h4-13,16-18,27H,14-15H2,1-3H3. The minimum Gasteiger partial charge on any atom is -0.393 e. The summed E-state index contributed by atoms with van der Waals surface area (Å²) in [6, 6.07) is 20.6. The zero-order valence-electron chi connectivity index (χ0n) is 16.2. The topological polar surface area (TPSA) is 49.2 Å². The fourth-order valence-corrected chi connectivity index (χ4v) is 3.09. The van der Waals surface area contributed by atoms with Gasteiger partial charge < -0.3 is 10.0 Å². The smallest absolute Gasteiger partial charge is 0.148 e. The van der Waals surface area contributed by atoms with Crippen molar-refractivity contribution in [2.45, 2.75) is 39.3 Å². The van der Waals surface area contributed by atoms with Crippen LogP contribution in [0.15, 0.2) is 66.9 Å². The summed E-state index contributed by atoms with van der Waals surface area (Å²) in [5.74, 6) is 0.837. The summed E-state index contributed by atoms with van der Waals surface area (Å²) < 4.78 is 0. The Bertz CT molecular complexity index is 848. The molecule has 0 saturated carbocycles. The summed E-state index contributed by atoms with van der Waals surface area (Å²) >= 11 is 0. The molecule has 4 nitrogen and oxygen atoms in total. The molecule has 140 valence electrons. The Hall–Kier alpha value is -2.72. The molecular weight excluding hydrogens is 334 g/mol. The maximum absolute atomic E-state index is 9.69. The van der Waals surface area contributed by atoms with Crippen molar-refractivity contribution in [1.82, 2.24) is 9.97 Å². The van der Waals surface area contributed by atoms with Crippen LogP contribution in [0, 0.1) is 0 Å². The molecule has 0 bridgehead atoms. The van der Waals surface area contributed by atoms with Crippen molar-refractivity contribution < 1.29 is 5.11 Å². The quantitative estimate of drug-likeness (QED) is 0.657. The van der Waals surface area contributed by atoms with Crippen LogP contribution >= 0.6 is 0 Å². The van der Waals surface area contributed by atoms with E-state index in [-0.39, 0.29) is 12.1 Å². The molecule has 1 heterocycles. The van der Waals surface area contributed by atoms with Gasteiger partial charge in [0, 0.05) is 23.7 Å². The van der Waals surface area contributed by atoms with Crippen LogP contribution in [0.25, 0.3) is 22.5 Å². The zero-order chi connectivity index (χ0) is 19.2. The summed E-state index contributed by atoms with van der Waals surface area (Å²) in [5.41, 5.74) is 3.85. The monoisotopic (exact) mass is 361 g/mol. The number of anilines is 1. The zero-order valence-corrected chi connectivity index (χ0v) is 16.2. The van der Waals surface area contributed by atoms with Gasteiger partial charge in [-0.3, -0.25) is 4.98 Å². The number of rotatable bonds is 7. The molecule has 1 aromatic heterocycles. The van der Waals surface area contributed by atoms with E-state index in [0.29, 0.717) is 6.42 Å². The molecule has 0 spiro atoms. The Labute approximate surface area is 161 Å². The van der Waals surface area contributed by atoms with Crippen LogP contribution < -0.4 is 4.90 Å². The molecule has 0 aliphatic heterocycles. The average molecular weight is 361 g/mol.